The van der Waals surface area contributed by atoms with Crippen molar-refractivity contribution in [3.63, 3.8) is 0 Å². The molecule has 0 spiro atoms. The number of hydrogen-bond acceptors (Lipinski definition) is 3. The molecular formula is C14H16F3N5O2S. The highest BCUT2D eigenvalue weighted by atomic mass is 32.1. The van der Waals surface area contributed by atoms with E-state index in [9.17, 15) is 18.0 Å². The van der Waals surface area contributed by atoms with Gasteiger partial charge in [-0.3, -0.25) is 4.68 Å². The first-order valence-corrected chi connectivity index (χ1v) is 7.70. The van der Waals surface area contributed by atoms with Gasteiger partial charge in [0, 0.05) is 18.5 Å². The number of anilines is 1. The van der Waals surface area contributed by atoms with Gasteiger partial charge in [0.2, 0.25) is 0 Å². The standard InChI is InChI=1S/C14H16F3N5O2S/c15-14(16,17)8-3-4-10-9(7-8)11(20-12(18)25)21-22(10)6-2-1-5-19-13(23)24/h3-4,7,19H,1-2,5-6H2,(H,23,24)(H3,18,20,21,25). The zero-order chi connectivity index (χ0) is 18.6. The maximum Gasteiger partial charge on any atom is 0.416 e. The Morgan fingerprint density at radius 2 is 2.08 bits per heavy atom. The summed E-state index contributed by atoms with van der Waals surface area (Å²) in [5.41, 5.74) is 5.10. The van der Waals surface area contributed by atoms with Gasteiger partial charge in [-0.25, -0.2) is 4.79 Å². The lowest BCUT2D eigenvalue weighted by Crippen LogP contribution is -2.22. The van der Waals surface area contributed by atoms with Crippen molar-refractivity contribution in [3.8, 4) is 0 Å². The Bertz CT molecular complexity index is 791. The van der Waals surface area contributed by atoms with Crippen LogP contribution in [0.25, 0.3) is 10.9 Å². The maximum absolute atomic E-state index is 12.9. The van der Waals surface area contributed by atoms with Crippen LogP contribution < -0.4 is 16.4 Å². The van der Waals surface area contributed by atoms with Gasteiger partial charge >= 0.3 is 12.3 Å². The summed E-state index contributed by atoms with van der Waals surface area (Å²) in [5.74, 6) is 0.150. The van der Waals surface area contributed by atoms with Crippen molar-refractivity contribution in [3.05, 3.63) is 23.8 Å². The molecule has 0 aliphatic heterocycles. The van der Waals surface area contributed by atoms with Crippen LogP contribution in [0.3, 0.4) is 0 Å². The van der Waals surface area contributed by atoms with Crippen molar-refractivity contribution in [2.45, 2.75) is 25.6 Å². The van der Waals surface area contributed by atoms with Gasteiger partial charge in [-0.15, -0.1) is 0 Å². The summed E-state index contributed by atoms with van der Waals surface area (Å²) >= 11 is 4.73. The van der Waals surface area contributed by atoms with Crippen LogP contribution in [0.15, 0.2) is 18.2 Å². The fraction of sp³-hybridized carbons (Fsp3) is 0.357. The molecule has 0 bridgehead atoms. The fourth-order valence-corrected chi connectivity index (χ4v) is 2.41. The molecule has 2 rings (SSSR count). The van der Waals surface area contributed by atoms with E-state index in [1.54, 1.807) is 0 Å². The van der Waals surface area contributed by atoms with Gasteiger partial charge in [0.15, 0.2) is 10.9 Å². The molecule has 1 aromatic carbocycles. The number of benzene rings is 1. The summed E-state index contributed by atoms with van der Waals surface area (Å²) in [7, 11) is 0. The topological polar surface area (TPSA) is 105 Å². The number of nitrogens with zero attached hydrogens (tertiary/aromatic N) is 2. The minimum atomic E-state index is -4.47. The molecule has 2 aromatic rings. The largest absolute Gasteiger partial charge is 0.465 e. The van der Waals surface area contributed by atoms with Gasteiger partial charge in [0.25, 0.3) is 0 Å². The molecule has 7 nitrogen and oxygen atoms in total. The minimum Gasteiger partial charge on any atom is -0.465 e. The average molecular weight is 375 g/mol. The number of aryl methyl sites for hydroxylation is 1. The second-order valence-corrected chi connectivity index (χ2v) is 5.67. The van der Waals surface area contributed by atoms with E-state index in [2.05, 4.69) is 15.7 Å². The number of nitrogens with two attached hydrogens (primary N) is 1. The number of rotatable bonds is 6. The van der Waals surface area contributed by atoms with Crippen LogP contribution in [0.2, 0.25) is 0 Å². The Hall–Kier alpha value is -2.56. The monoisotopic (exact) mass is 375 g/mol. The molecule has 0 aliphatic rings. The Labute approximate surface area is 146 Å². The van der Waals surface area contributed by atoms with Crippen molar-refractivity contribution >= 4 is 40.1 Å². The Balaban J connectivity index is 2.25. The lowest BCUT2D eigenvalue weighted by Gasteiger charge is -2.07. The van der Waals surface area contributed by atoms with Gasteiger partial charge in [0.1, 0.15) is 0 Å². The number of thiocarbonyl (C=S) groups is 1. The highest BCUT2D eigenvalue weighted by molar-refractivity contribution is 7.80. The first kappa shape index (κ1) is 18.8. The van der Waals surface area contributed by atoms with Crippen molar-refractivity contribution in [1.82, 2.24) is 15.1 Å². The van der Waals surface area contributed by atoms with Crippen LogP contribution in [0.1, 0.15) is 18.4 Å². The number of carboxylic acid groups (broad SMARTS) is 1. The van der Waals surface area contributed by atoms with E-state index < -0.39 is 17.8 Å². The van der Waals surface area contributed by atoms with Crippen molar-refractivity contribution < 1.29 is 23.1 Å². The van der Waals surface area contributed by atoms with Crippen LogP contribution in [0.5, 0.6) is 0 Å². The van der Waals surface area contributed by atoms with Gasteiger partial charge < -0.3 is 21.5 Å². The van der Waals surface area contributed by atoms with E-state index in [-0.39, 0.29) is 22.9 Å². The molecule has 5 N–H and O–H groups in total. The molecule has 0 radical (unpaired) electrons. The fourth-order valence-electron chi connectivity index (χ4n) is 2.32. The maximum atomic E-state index is 12.9. The SMILES string of the molecule is NC(=S)Nc1nn(CCCCNC(=O)O)c2ccc(C(F)(F)F)cc12. The molecule has 1 heterocycles. The van der Waals surface area contributed by atoms with Crippen molar-refractivity contribution in [2.75, 3.05) is 11.9 Å². The van der Waals surface area contributed by atoms with Crippen LogP contribution in [0.4, 0.5) is 23.8 Å². The molecule has 25 heavy (non-hydrogen) atoms. The van der Waals surface area contributed by atoms with E-state index in [0.717, 1.165) is 12.1 Å². The number of fused-ring (bicyclic) bond motifs is 1. The Morgan fingerprint density at radius 3 is 2.68 bits per heavy atom. The predicted octanol–water partition coefficient (Wildman–Crippen LogP) is 2.76. The molecule has 0 fully saturated rings. The average Bonchev–Trinajstić information content (AvgIpc) is 2.82. The Morgan fingerprint density at radius 1 is 1.36 bits per heavy atom. The minimum absolute atomic E-state index is 0.102. The summed E-state index contributed by atoms with van der Waals surface area (Å²) in [5, 5.41) is 17.7. The smallest absolute Gasteiger partial charge is 0.416 e. The Kier molecular flexibility index (Phi) is 5.67. The van der Waals surface area contributed by atoms with E-state index in [0.29, 0.717) is 24.9 Å². The molecule has 1 aromatic heterocycles. The van der Waals surface area contributed by atoms with E-state index in [4.69, 9.17) is 23.1 Å². The van der Waals surface area contributed by atoms with E-state index in [1.807, 2.05) is 0 Å². The first-order chi connectivity index (χ1) is 11.7. The lowest BCUT2D eigenvalue weighted by molar-refractivity contribution is -0.137. The third-order valence-electron chi connectivity index (χ3n) is 3.39. The molecule has 1 amide bonds. The normalized spacial score (nSPS) is 11.5. The number of carbonyl (C=O) groups is 1. The molecular weight excluding hydrogens is 359 g/mol. The third kappa shape index (κ3) is 4.95. The first-order valence-electron chi connectivity index (χ1n) is 7.29. The van der Waals surface area contributed by atoms with E-state index in [1.165, 1.54) is 10.7 Å². The predicted molar refractivity (Wildman–Crippen MR) is 90.4 cm³/mol. The van der Waals surface area contributed by atoms with Crippen LogP contribution >= 0.6 is 12.2 Å². The van der Waals surface area contributed by atoms with Gasteiger partial charge in [0.05, 0.1) is 11.1 Å². The highest BCUT2D eigenvalue weighted by Gasteiger charge is 2.31. The number of aromatic nitrogens is 2. The number of hydrogen-bond donors (Lipinski definition) is 4. The van der Waals surface area contributed by atoms with Gasteiger partial charge in [-0.05, 0) is 43.3 Å². The number of alkyl halides is 3. The van der Waals surface area contributed by atoms with E-state index >= 15 is 0 Å². The lowest BCUT2D eigenvalue weighted by atomic mass is 10.1. The summed E-state index contributed by atoms with van der Waals surface area (Å²) in [6.07, 6.45) is -4.43. The zero-order valence-electron chi connectivity index (χ0n) is 12.9. The summed E-state index contributed by atoms with van der Waals surface area (Å²) < 4.78 is 40.3. The number of nitrogens with one attached hydrogen (secondary N) is 2. The second kappa shape index (κ2) is 7.55. The summed E-state index contributed by atoms with van der Waals surface area (Å²) in [4.78, 5) is 10.4. The summed E-state index contributed by atoms with van der Waals surface area (Å²) in [6, 6.07) is 3.31. The van der Waals surface area contributed by atoms with Gasteiger partial charge in [-0.2, -0.15) is 18.3 Å². The molecule has 136 valence electrons. The number of amides is 1. The quantitative estimate of drug-likeness (QED) is 0.457. The molecule has 0 saturated carbocycles. The van der Waals surface area contributed by atoms with Crippen molar-refractivity contribution in [1.29, 1.82) is 0 Å². The van der Waals surface area contributed by atoms with Crippen LogP contribution in [-0.4, -0.2) is 32.6 Å². The van der Waals surface area contributed by atoms with Gasteiger partial charge in [-0.1, -0.05) is 0 Å². The van der Waals surface area contributed by atoms with Crippen molar-refractivity contribution in [2.24, 2.45) is 5.73 Å². The second-order valence-electron chi connectivity index (χ2n) is 5.23. The van der Waals surface area contributed by atoms with Crippen LogP contribution in [0, 0.1) is 0 Å². The van der Waals surface area contributed by atoms with Crippen LogP contribution in [-0.2, 0) is 12.7 Å². The summed E-state index contributed by atoms with van der Waals surface area (Å²) in [6.45, 7) is 0.687. The zero-order valence-corrected chi connectivity index (χ0v) is 13.7. The molecule has 0 unspecified atom stereocenters. The molecule has 0 atom stereocenters. The highest BCUT2D eigenvalue weighted by Crippen LogP contribution is 2.33. The number of halogens is 3. The molecule has 0 aliphatic carbocycles. The molecule has 0 saturated heterocycles. The number of unbranched alkanes of at least 4 members (excludes halogenated alkanes) is 1. The third-order valence-corrected chi connectivity index (χ3v) is 3.49. The molecule has 11 heteroatoms.